The van der Waals surface area contributed by atoms with E-state index in [4.69, 9.17) is 0 Å². The maximum Gasteiger partial charge on any atom is 0.00482 e. The molecule has 0 fully saturated rings. The SMILES string of the molecule is Cc1ccc(CCC(C)(C)CNCC(C)C)s1. The third-order valence-electron chi connectivity index (χ3n) is 3.00. The molecular formula is C15H27NS. The normalized spacial score (nSPS) is 12.4. The first-order valence-electron chi connectivity index (χ1n) is 6.65. The van der Waals surface area contributed by atoms with Crippen LogP contribution in [0, 0.1) is 18.3 Å². The van der Waals surface area contributed by atoms with Crippen molar-refractivity contribution in [2.75, 3.05) is 13.1 Å². The predicted molar refractivity (Wildman–Crippen MR) is 78.9 cm³/mol. The molecule has 0 atom stereocenters. The van der Waals surface area contributed by atoms with Gasteiger partial charge in [0.15, 0.2) is 0 Å². The minimum absolute atomic E-state index is 0.396. The summed E-state index contributed by atoms with van der Waals surface area (Å²) < 4.78 is 0. The van der Waals surface area contributed by atoms with E-state index in [1.807, 2.05) is 11.3 Å². The Bertz CT molecular complexity index is 325. The lowest BCUT2D eigenvalue weighted by Gasteiger charge is -2.25. The van der Waals surface area contributed by atoms with Gasteiger partial charge in [0.25, 0.3) is 0 Å². The molecule has 1 heterocycles. The van der Waals surface area contributed by atoms with Crippen molar-refractivity contribution in [1.29, 1.82) is 0 Å². The highest BCUT2D eigenvalue weighted by Gasteiger charge is 2.17. The molecule has 0 saturated heterocycles. The van der Waals surface area contributed by atoms with Crippen molar-refractivity contribution >= 4 is 11.3 Å². The Labute approximate surface area is 111 Å². The first-order valence-corrected chi connectivity index (χ1v) is 7.47. The van der Waals surface area contributed by atoms with Crippen molar-refractivity contribution in [2.24, 2.45) is 11.3 Å². The number of hydrogen-bond acceptors (Lipinski definition) is 2. The molecule has 0 unspecified atom stereocenters. The van der Waals surface area contributed by atoms with Gasteiger partial charge in [0.1, 0.15) is 0 Å². The fourth-order valence-corrected chi connectivity index (χ4v) is 2.76. The lowest BCUT2D eigenvalue weighted by atomic mass is 9.87. The van der Waals surface area contributed by atoms with Gasteiger partial charge in [0, 0.05) is 16.3 Å². The zero-order chi connectivity index (χ0) is 12.9. The van der Waals surface area contributed by atoms with Gasteiger partial charge in [0.2, 0.25) is 0 Å². The van der Waals surface area contributed by atoms with Gasteiger partial charge >= 0.3 is 0 Å². The molecule has 0 spiro atoms. The molecule has 0 aliphatic rings. The number of nitrogens with one attached hydrogen (secondary N) is 1. The number of thiophene rings is 1. The maximum absolute atomic E-state index is 3.57. The van der Waals surface area contributed by atoms with Gasteiger partial charge in [-0.1, -0.05) is 27.7 Å². The van der Waals surface area contributed by atoms with E-state index in [1.54, 1.807) is 0 Å². The zero-order valence-electron chi connectivity index (χ0n) is 12.0. The summed E-state index contributed by atoms with van der Waals surface area (Å²) >= 11 is 1.94. The van der Waals surface area contributed by atoms with Gasteiger partial charge in [-0.25, -0.2) is 0 Å². The van der Waals surface area contributed by atoms with Crippen LogP contribution >= 0.6 is 11.3 Å². The number of aryl methyl sites for hydroxylation is 2. The minimum atomic E-state index is 0.396. The zero-order valence-corrected chi connectivity index (χ0v) is 12.8. The van der Waals surface area contributed by atoms with Gasteiger partial charge in [-0.15, -0.1) is 11.3 Å². The second kappa shape index (κ2) is 6.55. The van der Waals surface area contributed by atoms with Gasteiger partial charge in [0.05, 0.1) is 0 Å². The third-order valence-corrected chi connectivity index (χ3v) is 4.06. The van der Waals surface area contributed by atoms with E-state index in [0.717, 1.165) is 19.0 Å². The first-order chi connectivity index (χ1) is 7.89. The summed E-state index contributed by atoms with van der Waals surface area (Å²) in [5.74, 6) is 0.741. The fourth-order valence-electron chi connectivity index (χ4n) is 1.87. The lowest BCUT2D eigenvalue weighted by Crippen LogP contribution is -2.32. The number of rotatable bonds is 7. The largest absolute Gasteiger partial charge is 0.316 e. The molecule has 17 heavy (non-hydrogen) atoms. The molecule has 0 radical (unpaired) electrons. The average molecular weight is 253 g/mol. The molecule has 1 aromatic heterocycles. The van der Waals surface area contributed by atoms with Crippen molar-refractivity contribution in [2.45, 2.75) is 47.5 Å². The van der Waals surface area contributed by atoms with Gasteiger partial charge < -0.3 is 5.32 Å². The highest BCUT2D eigenvalue weighted by molar-refractivity contribution is 7.11. The summed E-state index contributed by atoms with van der Waals surface area (Å²) in [6.45, 7) is 13.7. The number of hydrogen-bond donors (Lipinski definition) is 1. The Hall–Kier alpha value is -0.340. The van der Waals surface area contributed by atoms with Crippen LogP contribution in [0.2, 0.25) is 0 Å². The topological polar surface area (TPSA) is 12.0 Å². The van der Waals surface area contributed by atoms with Crippen LogP contribution in [0.15, 0.2) is 12.1 Å². The Balaban J connectivity index is 2.28. The van der Waals surface area contributed by atoms with Crippen LogP contribution in [0.25, 0.3) is 0 Å². The van der Waals surface area contributed by atoms with E-state index in [9.17, 15) is 0 Å². The van der Waals surface area contributed by atoms with Crippen molar-refractivity contribution < 1.29 is 0 Å². The molecule has 1 N–H and O–H groups in total. The second-order valence-corrected chi connectivity index (χ2v) is 7.57. The summed E-state index contributed by atoms with van der Waals surface area (Å²) in [7, 11) is 0. The Morgan fingerprint density at radius 2 is 2.00 bits per heavy atom. The van der Waals surface area contributed by atoms with Crippen molar-refractivity contribution in [3.05, 3.63) is 21.9 Å². The van der Waals surface area contributed by atoms with E-state index in [-0.39, 0.29) is 0 Å². The molecule has 98 valence electrons. The van der Waals surface area contributed by atoms with Crippen LogP contribution in [0.4, 0.5) is 0 Å². The molecule has 1 rings (SSSR count). The molecule has 0 amide bonds. The first kappa shape index (κ1) is 14.7. The summed E-state index contributed by atoms with van der Waals surface area (Å²) in [4.78, 5) is 2.95. The highest BCUT2D eigenvalue weighted by Crippen LogP contribution is 2.25. The maximum atomic E-state index is 3.57. The fraction of sp³-hybridized carbons (Fsp3) is 0.733. The smallest absolute Gasteiger partial charge is 0.00482 e. The van der Waals surface area contributed by atoms with Gasteiger partial charge in [-0.2, -0.15) is 0 Å². The summed E-state index contributed by atoms with van der Waals surface area (Å²) in [6, 6.07) is 4.50. The lowest BCUT2D eigenvalue weighted by molar-refractivity contribution is 0.309. The molecule has 1 nitrogen and oxygen atoms in total. The van der Waals surface area contributed by atoms with E-state index in [1.165, 1.54) is 22.6 Å². The van der Waals surface area contributed by atoms with Gasteiger partial charge in [-0.3, -0.25) is 0 Å². The predicted octanol–water partition coefficient (Wildman–Crippen LogP) is 4.26. The van der Waals surface area contributed by atoms with Crippen LogP contribution in [0.1, 0.15) is 43.9 Å². The molecule has 2 heteroatoms. The Morgan fingerprint density at radius 1 is 1.29 bits per heavy atom. The van der Waals surface area contributed by atoms with Gasteiger partial charge in [-0.05, 0) is 49.8 Å². The van der Waals surface area contributed by atoms with Crippen molar-refractivity contribution in [3.8, 4) is 0 Å². The third kappa shape index (κ3) is 6.23. The summed E-state index contributed by atoms with van der Waals surface area (Å²) in [6.07, 6.45) is 2.48. The standard InChI is InChI=1S/C15H27NS/c1-12(2)10-16-11-15(4,5)9-8-14-7-6-13(3)17-14/h6-7,12,16H,8-11H2,1-5H3. The second-order valence-electron chi connectivity index (χ2n) is 6.20. The van der Waals surface area contributed by atoms with Crippen molar-refractivity contribution in [1.82, 2.24) is 5.32 Å². The molecule has 0 saturated carbocycles. The van der Waals surface area contributed by atoms with Crippen LogP contribution in [-0.2, 0) is 6.42 Å². The quantitative estimate of drug-likeness (QED) is 0.765. The van der Waals surface area contributed by atoms with Crippen LogP contribution in [0.5, 0.6) is 0 Å². The van der Waals surface area contributed by atoms with E-state index in [2.05, 4.69) is 52.1 Å². The molecule has 0 aliphatic heterocycles. The van der Waals surface area contributed by atoms with E-state index < -0.39 is 0 Å². The monoisotopic (exact) mass is 253 g/mol. The van der Waals surface area contributed by atoms with Crippen LogP contribution < -0.4 is 5.32 Å². The molecule has 0 aliphatic carbocycles. The summed E-state index contributed by atoms with van der Waals surface area (Å²) in [5, 5.41) is 3.57. The van der Waals surface area contributed by atoms with E-state index >= 15 is 0 Å². The molecule has 0 bridgehead atoms. The minimum Gasteiger partial charge on any atom is -0.316 e. The van der Waals surface area contributed by atoms with E-state index in [0.29, 0.717) is 5.41 Å². The Kier molecular flexibility index (Phi) is 5.68. The molecule has 0 aromatic carbocycles. The molecular weight excluding hydrogens is 226 g/mol. The van der Waals surface area contributed by atoms with Crippen LogP contribution in [-0.4, -0.2) is 13.1 Å². The van der Waals surface area contributed by atoms with Crippen LogP contribution in [0.3, 0.4) is 0 Å². The van der Waals surface area contributed by atoms with Crippen molar-refractivity contribution in [3.63, 3.8) is 0 Å². The highest BCUT2D eigenvalue weighted by atomic mass is 32.1. The Morgan fingerprint density at radius 3 is 2.53 bits per heavy atom. The average Bonchev–Trinajstić information content (AvgIpc) is 2.61. The molecule has 1 aromatic rings. The summed E-state index contributed by atoms with van der Waals surface area (Å²) in [5.41, 5.74) is 0.396.